The number of hydrogen-bond acceptors (Lipinski definition) is 2. The van der Waals surface area contributed by atoms with Crippen LogP contribution < -0.4 is 0 Å². The summed E-state index contributed by atoms with van der Waals surface area (Å²) in [5.41, 5.74) is 0. The maximum absolute atomic E-state index is 4.49. The summed E-state index contributed by atoms with van der Waals surface area (Å²) in [5.74, 6) is 2.61. The molecule has 0 heterocycles. The Labute approximate surface area is 252 Å². The molecular formula is C37H69NS. The van der Waals surface area contributed by atoms with Crippen LogP contribution in [0.4, 0.5) is 0 Å². The normalized spacial score (nSPS) is 14.2. The third-order valence-electron chi connectivity index (χ3n) is 7.62. The highest BCUT2D eigenvalue weighted by Gasteiger charge is 2.13. The van der Waals surface area contributed by atoms with Crippen LogP contribution >= 0.6 is 12.6 Å². The van der Waals surface area contributed by atoms with Gasteiger partial charge < -0.3 is 4.90 Å². The van der Waals surface area contributed by atoms with Gasteiger partial charge in [-0.2, -0.15) is 12.6 Å². The van der Waals surface area contributed by atoms with Gasteiger partial charge >= 0.3 is 0 Å². The summed E-state index contributed by atoms with van der Waals surface area (Å²) >= 11 is 4.49. The molecule has 0 saturated carbocycles. The molecule has 2 unspecified atom stereocenters. The highest BCUT2D eigenvalue weighted by Crippen LogP contribution is 2.17. The molecule has 0 aromatic heterocycles. The molecule has 1 nitrogen and oxygen atoms in total. The van der Waals surface area contributed by atoms with E-state index in [0.29, 0.717) is 0 Å². The summed E-state index contributed by atoms with van der Waals surface area (Å²) in [6.07, 6.45) is 43.3. The van der Waals surface area contributed by atoms with E-state index in [9.17, 15) is 0 Å². The number of hydrogen-bond donors (Lipinski definition) is 1. The molecule has 228 valence electrons. The van der Waals surface area contributed by atoms with Crippen LogP contribution in [0.3, 0.4) is 0 Å². The standard InChI is InChI=1S/C37H69NS/c1-5-7-9-11-13-15-17-19-21-23-25-27-30-36(3)34-38(32-29-33-39)35-37(4)31-28-26-24-22-20-18-16-14-12-10-8-6-2/h11,13-18,20,36-37,39H,5-10,12,19,21-35H2,1-4H3. The number of thiol groups is 1. The van der Waals surface area contributed by atoms with E-state index in [1.807, 2.05) is 0 Å². The van der Waals surface area contributed by atoms with E-state index < -0.39 is 0 Å². The largest absolute Gasteiger partial charge is 0.303 e. The van der Waals surface area contributed by atoms with Gasteiger partial charge in [0, 0.05) is 13.1 Å². The van der Waals surface area contributed by atoms with E-state index in [0.717, 1.165) is 17.6 Å². The van der Waals surface area contributed by atoms with Crippen molar-refractivity contribution in [1.29, 1.82) is 0 Å². The predicted octanol–water partition coefficient (Wildman–Crippen LogP) is 12.2. The van der Waals surface area contributed by atoms with Crippen molar-refractivity contribution in [2.45, 2.75) is 150 Å². The molecule has 0 fully saturated rings. The van der Waals surface area contributed by atoms with E-state index in [2.05, 4.69) is 93.8 Å². The van der Waals surface area contributed by atoms with Crippen LogP contribution in [-0.2, 0) is 0 Å². The Bertz CT molecular complexity index is 590. The topological polar surface area (TPSA) is 3.24 Å². The van der Waals surface area contributed by atoms with Gasteiger partial charge in [0.2, 0.25) is 0 Å². The molecule has 0 bridgehead atoms. The van der Waals surface area contributed by atoms with Crippen LogP contribution in [-0.4, -0.2) is 30.3 Å². The maximum atomic E-state index is 4.49. The second-order valence-electron chi connectivity index (χ2n) is 12.0. The summed E-state index contributed by atoms with van der Waals surface area (Å²) in [6, 6.07) is 0. The molecule has 2 atom stereocenters. The van der Waals surface area contributed by atoms with E-state index in [4.69, 9.17) is 0 Å². The van der Waals surface area contributed by atoms with E-state index in [-0.39, 0.29) is 0 Å². The van der Waals surface area contributed by atoms with Gasteiger partial charge in [0.05, 0.1) is 0 Å². The molecule has 0 spiro atoms. The Kier molecular flexibility index (Phi) is 31.2. The van der Waals surface area contributed by atoms with Gasteiger partial charge in [0.1, 0.15) is 0 Å². The summed E-state index contributed by atoms with van der Waals surface area (Å²) in [4.78, 5) is 2.75. The summed E-state index contributed by atoms with van der Waals surface area (Å²) in [6.45, 7) is 13.2. The minimum absolute atomic E-state index is 0.799. The van der Waals surface area contributed by atoms with Crippen LogP contribution in [0.25, 0.3) is 0 Å². The van der Waals surface area contributed by atoms with Crippen molar-refractivity contribution in [3.8, 4) is 0 Å². The fourth-order valence-corrected chi connectivity index (χ4v) is 5.33. The predicted molar refractivity (Wildman–Crippen MR) is 184 cm³/mol. The number of nitrogens with zero attached hydrogens (tertiary/aromatic N) is 1. The zero-order valence-electron chi connectivity index (χ0n) is 26.9. The molecule has 0 aliphatic heterocycles. The molecule has 0 amide bonds. The SMILES string of the molecule is CCCCC=CC=CCCCCCCC(C)CN(CCCS)CC(C)CCCCCC=CC=CCCCCC. The van der Waals surface area contributed by atoms with Gasteiger partial charge in [-0.1, -0.05) is 134 Å². The van der Waals surface area contributed by atoms with Gasteiger partial charge in [-0.05, 0) is 88.3 Å². The minimum atomic E-state index is 0.799. The first-order chi connectivity index (χ1) is 19.1. The molecule has 0 saturated heterocycles. The van der Waals surface area contributed by atoms with Crippen molar-refractivity contribution in [2.24, 2.45) is 11.8 Å². The van der Waals surface area contributed by atoms with Crippen molar-refractivity contribution in [2.75, 3.05) is 25.4 Å². The second kappa shape index (κ2) is 31.8. The zero-order valence-corrected chi connectivity index (χ0v) is 27.8. The molecule has 0 rings (SSSR count). The molecule has 0 aliphatic rings. The Hall–Kier alpha value is -0.730. The second-order valence-corrected chi connectivity index (χ2v) is 12.5. The van der Waals surface area contributed by atoms with Gasteiger partial charge in [0.15, 0.2) is 0 Å². The van der Waals surface area contributed by atoms with E-state index in [1.54, 1.807) is 0 Å². The molecule has 0 aromatic carbocycles. The summed E-state index contributed by atoms with van der Waals surface area (Å²) in [5, 5.41) is 0. The molecule has 0 N–H and O–H groups in total. The van der Waals surface area contributed by atoms with Gasteiger partial charge in [-0.25, -0.2) is 0 Å². The first kappa shape index (κ1) is 38.3. The average molecular weight is 560 g/mol. The van der Waals surface area contributed by atoms with Crippen LogP contribution in [0, 0.1) is 11.8 Å². The highest BCUT2D eigenvalue weighted by molar-refractivity contribution is 7.80. The van der Waals surface area contributed by atoms with Gasteiger partial charge in [-0.15, -0.1) is 0 Å². The lowest BCUT2D eigenvalue weighted by molar-refractivity contribution is 0.198. The highest BCUT2D eigenvalue weighted by atomic mass is 32.1. The fourth-order valence-electron chi connectivity index (χ4n) is 5.19. The van der Waals surface area contributed by atoms with Crippen LogP contribution in [0.2, 0.25) is 0 Å². The van der Waals surface area contributed by atoms with E-state index >= 15 is 0 Å². The summed E-state index contributed by atoms with van der Waals surface area (Å²) < 4.78 is 0. The Morgan fingerprint density at radius 1 is 0.513 bits per heavy atom. The molecule has 2 heteroatoms. The first-order valence-corrected chi connectivity index (χ1v) is 17.7. The minimum Gasteiger partial charge on any atom is -0.303 e. The Morgan fingerprint density at radius 2 is 0.923 bits per heavy atom. The summed E-state index contributed by atoms with van der Waals surface area (Å²) in [7, 11) is 0. The molecule has 0 radical (unpaired) electrons. The number of unbranched alkanes of at least 4 members (excludes halogenated alkanes) is 12. The lowest BCUT2D eigenvalue weighted by atomic mass is 9.99. The van der Waals surface area contributed by atoms with Crippen molar-refractivity contribution in [1.82, 2.24) is 4.90 Å². The third kappa shape index (κ3) is 30.1. The monoisotopic (exact) mass is 560 g/mol. The number of rotatable bonds is 29. The molecular weight excluding hydrogens is 490 g/mol. The molecule has 0 aromatic rings. The van der Waals surface area contributed by atoms with E-state index in [1.165, 1.54) is 142 Å². The quantitative estimate of drug-likeness (QED) is 0.0542. The molecule has 39 heavy (non-hydrogen) atoms. The van der Waals surface area contributed by atoms with Crippen LogP contribution in [0.15, 0.2) is 48.6 Å². The van der Waals surface area contributed by atoms with Gasteiger partial charge in [0.25, 0.3) is 0 Å². The molecule has 0 aliphatic carbocycles. The fraction of sp³-hybridized carbons (Fsp3) is 0.784. The Morgan fingerprint density at radius 3 is 1.38 bits per heavy atom. The van der Waals surface area contributed by atoms with Crippen LogP contribution in [0.5, 0.6) is 0 Å². The zero-order chi connectivity index (χ0) is 28.7. The number of allylic oxidation sites excluding steroid dienone is 8. The van der Waals surface area contributed by atoms with Crippen molar-refractivity contribution < 1.29 is 0 Å². The smallest absolute Gasteiger partial charge is 0.000714 e. The maximum Gasteiger partial charge on any atom is 0.000714 e. The lowest BCUT2D eigenvalue weighted by Gasteiger charge is -2.28. The van der Waals surface area contributed by atoms with Crippen LogP contribution in [0.1, 0.15) is 150 Å². The van der Waals surface area contributed by atoms with Gasteiger partial charge in [-0.3, -0.25) is 0 Å². The average Bonchev–Trinajstić information content (AvgIpc) is 2.93. The third-order valence-corrected chi connectivity index (χ3v) is 7.94. The van der Waals surface area contributed by atoms with Crippen molar-refractivity contribution in [3.05, 3.63) is 48.6 Å². The lowest BCUT2D eigenvalue weighted by Crippen LogP contribution is -2.33. The Balaban J connectivity index is 3.95. The van der Waals surface area contributed by atoms with Crippen molar-refractivity contribution in [3.63, 3.8) is 0 Å². The first-order valence-electron chi connectivity index (χ1n) is 17.1. The van der Waals surface area contributed by atoms with Crippen molar-refractivity contribution >= 4 is 12.6 Å².